The molecule has 0 aliphatic heterocycles. The van der Waals surface area contributed by atoms with E-state index < -0.39 is 5.91 Å². The first-order chi connectivity index (χ1) is 9.15. The van der Waals surface area contributed by atoms with E-state index in [0.29, 0.717) is 0 Å². The quantitative estimate of drug-likeness (QED) is 0.870. The van der Waals surface area contributed by atoms with Gasteiger partial charge in [-0.2, -0.15) is 0 Å². The average Bonchev–Trinajstić information content (AvgIpc) is 2.40. The Kier molecular flexibility index (Phi) is 4.76. The second-order valence-electron chi connectivity index (χ2n) is 3.69. The van der Waals surface area contributed by atoms with E-state index in [9.17, 15) is 4.79 Å². The fourth-order valence-corrected chi connectivity index (χ4v) is 2.53. The van der Waals surface area contributed by atoms with Crippen LogP contribution in [0.1, 0.15) is 5.56 Å². The van der Waals surface area contributed by atoms with Crippen molar-refractivity contribution in [3.8, 4) is 0 Å². The summed E-state index contributed by atoms with van der Waals surface area (Å²) in [4.78, 5) is 16.2. The zero-order chi connectivity index (χ0) is 13.7. The molecule has 0 aliphatic rings. The van der Waals surface area contributed by atoms with Gasteiger partial charge in [0.1, 0.15) is 5.03 Å². The molecule has 1 amide bonds. The molecule has 1 aromatic carbocycles. The lowest BCUT2D eigenvalue weighted by Gasteiger charge is -2.04. The lowest BCUT2D eigenvalue weighted by molar-refractivity contribution is -0.113. The van der Waals surface area contributed by atoms with E-state index in [1.54, 1.807) is 12.3 Å². The molecule has 0 aliphatic carbocycles. The summed E-state index contributed by atoms with van der Waals surface area (Å²) in [6, 6.07) is 11.7. The number of carbonyl (C=O) groups excluding carboxylic acids is 1. The van der Waals surface area contributed by atoms with Crippen LogP contribution < -0.4 is 5.73 Å². The summed E-state index contributed by atoms with van der Waals surface area (Å²) in [5.41, 5.74) is 5.97. The molecular weight excluding hydrogens is 324 g/mol. The van der Waals surface area contributed by atoms with Gasteiger partial charge in [0.2, 0.25) is 5.91 Å². The van der Waals surface area contributed by atoms with Crippen LogP contribution in [0.15, 0.2) is 63.1 Å². The van der Waals surface area contributed by atoms with Crippen molar-refractivity contribution < 1.29 is 4.79 Å². The van der Waals surface area contributed by atoms with Crippen molar-refractivity contribution in [2.24, 2.45) is 5.73 Å². The van der Waals surface area contributed by atoms with E-state index >= 15 is 0 Å². The molecule has 3 nitrogen and oxygen atoms in total. The first-order valence-electron chi connectivity index (χ1n) is 5.51. The van der Waals surface area contributed by atoms with Crippen LogP contribution in [-0.2, 0) is 4.79 Å². The predicted octanol–water partition coefficient (Wildman–Crippen LogP) is 3.49. The molecule has 96 valence electrons. The third-order valence-corrected chi connectivity index (χ3v) is 3.83. The van der Waals surface area contributed by atoms with Crippen molar-refractivity contribution >= 4 is 39.7 Å². The second-order valence-corrected chi connectivity index (χ2v) is 5.67. The van der Waals surface area contributed by atoms with Gasteiger partial charge in [0.15, 0.2) is 0 Å². The molecule has 0 fully saturated rings. The van der Waals surface area contributed by atoms with Crippen LogP contribution in [0.3, 0.4) is 0 Å². The molecule has 0 saturated carbocycles. The maximum Gasteiger partial charge on any atom is 0.241 e. The summed E-state index contributed by atoms with van der Waals surface area (Å²) >= 11 is 4.94. The minimum atomic E-state index is -0.469. The number of rotatable bonds is 4. The number of hydrogen-bond acceptors (Lipinski definition) is 3. The van der Waals surface area contributed by atoms with E-state index in [-0.39, 0.29) is 0 Å². The number of primary amides is 1. The third-order valence-electron chi connectivity index (χ3n) is 2.26. The van der Waals surface area contributed by atoms with Gasteiger partial charge < -0.3 is 5.73 Å². The highest BCUT2D eigenvalue weighted by atomic mass is 79.9. The standard InChI is InChI=1S/C14H11BrN2OS/c15-11-4-6-12(7-5-11)19-14-10(2-1-9-17-14)3-8-13(16)18/h1-9H,(H2,16,18)/b8-3+. The Morgan fingerprint density at radius 3 is 2.68 bits per heavy atom. The van der Waals surface area contributed by atoms with Gasteiger partial charge in [-0.1, -0.05) is 33.8 Å². The summed E-state index contributed by atoms with van der Waals surface area (Å²) in [7, 11) is 0. The first-order valence-corrected chi connectivity index (χ1v) is 7.12. The molecule has 0 radical (unpaired) electrons. The Hall–Kier alpha value is -1.59. The molecule has 5 heteroatoms. The number of benzene rings is 1. The molecule has 1 heterocycles. The molecular formula is C14H11BrN2OS. The molecule has 2 rings (SSSR count). The number of nitrogens with two attached hydrogens (primary N) is 1. The molecule has 19 heavy (non-hydrogen) atoms. The Bertz CT molecular complexity index is 611. The van der Waals surface area contributed by atoms with Crippen LogP contribution in [0.2, 0.25) is 0 Å². The summed E-state index contributed by atoms with van der Waals surface area (Å²) in [6.07, 6.45) is 4.74. The van der Waals surface area contributed by atoms with Crippen molar-refractivity contribution in [2.45, 2.75) is 9.92 Å². The summed E-state index contributed by atoms with van der Waals surface area (Å²) in [5, 5.41) is 0.835. The Balaban J connectivity index is 2.24. The van der Waals surface area contributed by atoms with Crippen LogP contribution in [0.4, 0.5) is 0 Å². The van der Waals surface area contributed by atoms with Gasteiger partial charge in [0.25, 0.3) is 0 Å². The first kappa shape index (κ1) is 13.8. The largest absolute Gasteiger partial charge is 0.366 e. The minimum absolute atomic E-state index is 0.469. The molecule has 0 unspecified atom stereocenters. The van der Waals surface area contributed by atoms with Crippen LogP contribution in [0, 0.1) is 0 Å². The van der Waals surface area contributed by atoms with Gasteiger partial charge in [0, 0.05) is 27.2 Å². The van der Waals surface area contributed by atoms with Gasteiger partial charge in [-0.3, -0.25) is 4.79 Å². The highest BCUT2D eigenvalue weighted by molar-refractivity contribution is 9.10. The van der Waals surface area contributed by atoms with Crippen LogP contribution in [-0.4, -0.2) is 10.9 Å². The maximum absolute atomic E-state index is 10.8. The van der Waals surface area contributed by atoms with Crippen molar-refractivity contribution in [1.82, 2.24) is 4.98 Å². The molecule has 2 aromatic rings. The van der Waals surface area contributed by atoms with E-state index in [2.05, 4.69) is 20.9 Å². The van der Waals surface area contributed by atoms with Crippen molar-refractivity contribution in [3.05, 3.63) is 58.7 Å². The predicted molar refractivity (Wildman–Crippen MR) is 80.7 cm³/mol. The monoisotopic (exact) mass is 334 g/mol. The molecule has 1 aromatic heterocycles. The van der Waals surface area contributed by atoms with Gasteiger partial charge in [-0.05, 0) is 36.4 Å². The van der Waals surface area contributed by atoms with E-state index in [1.807, 2.05) is 36.4 Å². The SMILES string of the molecule is NC(=O)/C=C/c1cccnc1Sc1ccc(Br)cc1. The minimum Gasteiger partial charge on any atom is -0.366 e. The smallest absolute Gasteiger partial charge is 0.241 e. The third kappa shape index (κ3) is 4.22. The summed E-state index contributed by atoms with van der Waals surface area (Å²) < 4.78 is 1.03. The van der Waals surface area contributed by atoms with Crippen molar-refractivity contribution in [1.29, 1.82) is 0 Å². The van der Waals surface area contributed by atoms with Gasteiger partial charge in [-0.15, -0.1) is 0 Å². The fraction of sp³-hybridized carbons (Fsp3) is 0. The highest BCUT2D eigenvalue weighted by Gasteiger charge is 2.03. The fourth-order valence-electron chi connectivity index (χ4n) is 1.40. The lowest BCUT2D eigenvalue weighted by atomic mass is 10.2. The van der Waals surface area contributed by atoms with E-state index in [1.165, 1.54) is 17.8 Å². The number of hydrogen-bond donors (Lipinski definition) is 1. The van der Waals surface area contributed by atoms with E-state index in [0.717, 1.165) is 20.0 Å². The van der Waals surface area contributed by atoms with Crippen molar-refractivity contribution in [3.63, 3.8) is 0 Å². The Morgan fingerprint density at radius 2 is 2.00 bits per heavy atom. The van der Waals surface area contributed by atoms with Crippen LogP contribution in [0.25, 0.3) is 6.08 Å². The molecule has 0 saturated heterocycles. The summed E-state index contributed by atoms with van der Waals surface area (Å²) in [5.74, 6) is -0.469. The normalized spacial score (nSPS) is 10.8. The molecule has 0 spiro atoms. The Morgan fingerprint density at radius 1 is 1.26 bits per heavy atom. The number of carbonyl (C=O) groups is 1. The number of amides is 1. The number of aromatic nitrogens is 1. The van der Waals surface area contributed by atoms with E-state index in [4.69, 9.17) is 5.73 Å². The van der Waals surface area contributed by atoms with Crippen LogP contribution in [0.5, 0.6) is 0 Å². The zero-order valence-corrected chi connectivity index (χ0v) is 12.3. The molecule has 0 bridgehead atoms. The number of pyridine rings is 1. The highest BCUT2D eigenvalue weighted by Crippen LogP contribution is 2.29. The van der Waals surface area contributed by atoms with Gasteiger partial charge in [-0.25, -0.2) is 4.98 Å². The zero-order valence-electron chi connectivity index (χ0n) is 9.92. The maximum atomic E-state index is 10.8. The topological polar surface area (TPSA) is 56.0 Å². The number of halogens is 1. The molecule has 2 N–H and O–H groups in total. The van der Waals surface area contributed by atoms with Gasteiger partial charge >= 0.3 is 0 Å². The summed E-state index contributed by atoms with van der Waals surface area (Å²) in [6.45, 7) is 0. The lowest BCUT2D eigenvalue weighted by Crippen LogP contribution is -2.05. The van der Waals surface area contributed by atoms with Gasteiger partial charge in [0.05, 0.1) is 0 Å². The Labute approximate surface area is 124 Å². The second kappa shape index (κ2) is 6.54. The van der Waals surface area contributed by atoms with Crippen LogP contribution >= 0.6 is 27.7 Å². The number of nitrogens with zero attached hydrogens (tertiary/aromatic N) is 1. The molecule has 0 atom stereocenters. The average molecular weight is 335 g/mol. The van der Waals surface area contributed by atoms with Crippen molar-refractivity contribution in [2.75, 3.05) is 0 Å².